The van der Waals surface area contributed by atoms with E-state index in [2.05, 4.69) is 57.1 Å². The average molecular weight is 327 g/mol. The molecule has 2 aliphatic rings. The van der Waals surface area contributed by atoms with E-state index in [1.54, 1.807) is 11.1 Å². The molecule has 0 saturated carbocycles. The third kappa shape index (κ3) is 5.22. The molecule has 2 nitrogen and oxygen atoms in total. The van der Waals surface area contributed by atoms with Crippen molar-refractivity contribution in [3.63, 3.8) is 0 Å². The van der Waals surface area contributed by atoms with Crippen LogP contribution in [0.5, 0.6) is 0 Å². The lowest BCUT2D eigenvalue weighted by atomic mass is 9.72. The quantitative estimate of drug-likeness (QED) is 0.454. The fourth-order valence-electron chi connectivity index (χ4n) is 3.94. The summed E-state index contributed by atoms with van der Waals surface area (Å²) in [5.74, 6) is 0. The molecule has 0 aromatic carbocycles. The van der Waals surface area contributed by atoms with Crippen LogP contribution in [-0.2, 0) is 0 Å². The molecular weight excluding hydrogens is 292 g/mol. The van der Waals surface area contributed by atoms with Crippen LogP contribution < -0.4 is 0 Å². The molecule has 0 aromatic heterocycles. The van der Waals surface area contributed by atoms with Gasteiger partial charge in [-0.15, -0.1) is 0 Å². The number of nitrogens with zero attached hydrogens (tertiary/aromatic N) is 2. The molecule has 0 unspecified atom stereocenters. The van der Waals surface area contributed by atoms with Crippen molar-refractivity contribution in [2.45, 2.75) is 66.2 Å². The van der Waals surface area contributed by atoms with Crippen LogP contribution in [0.2, 0.25) is 0 Å². The summed E-state index contributed by atoms with van der Waals surface area (Å²) in [7, 11) is 3.93. The lowest BCUT2D eigenvalue weighted by Crippen LogP contribution is -2.19. The molecule has 0 aliphatic heterocycles. The molecule has 2 rings (SSSR count). The molecule has 0 spiro atoms. The number of hydrogen-bond donors (Lipinski definition) is 0. The first-order chi connectivity index (χ1) is 11.3. The molecule has 0 saturated heterocycles. The predicted octanol–water partition coefficient (Wildman–Crippen LogP) is 6.04. The highest BCUT2D eigenvalue weighted by Crippen LogP contribution is 2.41. The fourth-order valence-corrected chi connectivity index (χ4v) is 3.94. The van der Waals surface area contributed by atoms with E-state index in [9.17, 15) is 0 Å². The molecule has 0 N–H and O–H groups in total. The van der Waals surface area contributed by atoms with E-state index in [0.29, 0.717) is 5.41 Å². The van der Waals surface area contributed by atoms with Crippen molar-refractivity contribution >= 4 is 5.71 Å². The molecule has 0 aromatic rings. The Hall–Kier alpha value is -1.57. The van der Waals surface area contributed by atoms with Crippen molar-refractivity contribution in [2.24, 2.45) is 10.5 Å². The van der Waals surface area contributed by atoms with Crippen molar-refractivity contribution in [1.82, 2.24) is 5.01 Å². The topological polar surface area (TPSA) is 15.6 Å². The summed E-state index contributed by atoms with van der Waals surface area (Å²) in [5.41, 5.74) is 7.37. The van der Waals surface area contributed by atoms with Crippen LogP contribution in [0, 0.1) is 5.41 Å². The summed E-state index contributed by atoms with van der Waals surface area (Å²) in [6.07, 6.45) is 16.8. The zero-order valence-electron chi connectivity index (χ0n) is 16.4. The van der Waals surface area contributed by atoms with Crippen molar-refractivity contribution in [1.29, 1.82) is 0 Å². The van der Waals surface area contributed by atoms with Gasteiger partial charge in [0.25, 0.3) is 0 Å². The maximum Gasteiger partial charge on any atom is 0.0577 e. The molecule has 0 amide bonds. The smallest absolute Gasteiger partial charge is 0.0577 e. The molecule has 24 heavy (non-hydrogen) atoms. The van der Waals surface area contributed by atoms with Crippen molar-refractivity contribution in [3.8, 4) is 0 Å². The van der Waals surface area contributed by atoms with Crippen LogP contribution in [0.25, 0.3) is 0 Å². The minimum atomic E-state index is 0.321. The minimum Gasteiger partial charge on any atom is -0.303 e. The van der Waals surface area contributed by atoms with Gasteiger partial charge in [0.05, 0.1) is 5.71 Å². The Morgan fingerprint density at radius 2 is 1.88 bits per heavy atom. The van der Waals surface area contributed by atoms with Crippen LogP contribution in [0.3, 0.4) is 0 Å². The highest BCUT2D eigenvalue weighted by atomic mass is 15.4. The van der Waals surface area contributed by atoms with E-state index in [1.807, 2.05) is 19.1 Å². The van der Waals surface area contributed by atoms with E-state index in [4.69, 9.17) is 0 Å². The van der Waals surface area contributed by atoms with E-state index in [-0.39, 0.29) is 0 Å². The summed E-state index contributed by atoms with van der Waals surface area (Å²) in [4.78, 5) is 0. The second-order valence-corrected chi connectivity index (χ2v) is 8.15. The summed E-state index contributed by atoms with van der Waals surface area (Å²) in [6.45, 7) is 9.15. The monoisotopic (exact) mass is 326 g/mol. The first-order valence-corrected chi connectivity index (χ1v) is 9.30. The highest BCUT2D eigenvalue weighted by molar-refractivity contribution is 5.93. The summed E-state index contributed by atoms with van der Waals surface area (Å²) in [5, 5.41) is 6.33. The molecule has 0 heterocycles. The van der Waals surface area contributed by atoms with Gasteiger partial charge < -0.3 is 5.01 Å². The second-order valence-electron chi connectivity index (χ2n) is 8.15. The van der Waals surface area contributed by atoms with Crippen LogP contribution >= 0.6 is 0 Å². The lowest BCUT2D eigenvalue weighted by Gasteiger charge is -2.33. The van der Waals surface area contributed by atoms with Gasteiger partial charge in [0, 0.05) is 14.1 Å². The largest absolute Gasteiger partial charge is 0.303 e. The Kier molecular flexibility index (Phi) is 6.26. The molecular formula is C22H34N2. The lowest BCUT2D eigenvalue weighted by molar-refractivity contribution is 0.377. The van der Waals surface area contributed by atoms with E-state index >= 15 is 0 Å². The zero-order chi connectivity index (χ0) is 17.7. The first-order valence-electron chi connectivity index (χ1n) is 9.30. The highest BCUT2D eigenvalue weighted by Gasteiger charge is 2.26. The summed E-state index contributed by atoms with van der Waals surface area (Å²) >= 11 is 0. The molecule has 0 bridgehead atoms. The predicted molar refractivity (Wildman–Crippen MR) is 106 cm³/mol. The number of allylic oxidation sites excluding steroid dienone is 8. The van der Waals surface area contributed by atoms with Crippen LogP contribution in [-0.4, -0.2) is 24.8 Å². The summed E-state index contributed by atoms with van der Waals surface area (Å²) < 4.78 is 0. The van der Waals surface area contributed by atoms with Crippen LogP contribution in [0.15, 0.2) is 51.7 Å². The van der Waals surface area contributed by atoms with Gasteiger partial charge in [-0.3, -0.25) is 0 Å². The van der Waals surface area contributed by atoms with Gasteiger partial charge in [-0.25, -0.2) is 0 Å². The standard InChI is InChI=1S/C22H34N2/c1-17-9-8-14-22(3,4)21(17)13-12-19-10-7-11-20(16-19)15-18(2)23-24(5)6/h12-13,15-16H,7-11,14H2,1-6H3/b13-12+,20-15-,23-18+. The van der Waals surface area contributed by atoms with Crippen molar-refractivity contribution in [2.75, 3.05) is 14.1 Å². The Morgan fingerprint density at radius 3 is 2.54 bits per heavy atom. The molecule has 132 valence electrons. The van der Waals surface area contributed by atoms with Crippen molar-refractivity contribution < 1.29 is 0 Å². The third-order valence-corrected chi connectivity index (χ3v) is 5.06. The molecule has 0 atom stereocenters. The second kappa shape index (κ2) is 8.00. The van der Waals surface area contributed by atoms with Gasteiger partial charge in [0.15, 0.2) is 0 Å². The molecule has 0 fully saturated rings. The Labute approximate surface area is 148 Å². The van der Waals surface area contributed by atoms with E-state index < -0.39 is 0 Å². The van der Waals surface area contributed by atoms with Gasteiger partial charge in [0.2, 0.25) is 0 Å². The third-order valence-electron chi connectivity index (χ3n) is 5.06. The maximum atomic E-state index is 4.46. The Morgan fingerprint density at radius 1 is 1.12 bits per heavy atom. The molecule has 0 radical (unpaired) electrons. The fraction of sp³-hybridized carbons (Fsp3) is 0.591. The molecule has 2 heteroatoms. The Balaban J connectivity index is 2.18. The van der Waals surface area contributed by atoms with Gasteiger partial charge in [-0.05, 0) is 80.6 Å². The zero-order valence-corrected chi connectivity index (χ0v) is 16.4. The Bertz CT molecular complexity index is 610. The van der Waals surface area contributed by atoms with E-state index in [1.165, 1.54) is 43.3 Å². The normalized spacial score (nSPS) is 23.8. The van der Waals surface area contributed by atoms with Crippen LogP contribution in [0.1, 0.15) is 66.2 Å². The van der Waals surface area contributed by atoms with Gasteiger partial charge >= 0.3 is 0 Å². The summed E-state index contributed by atoms with van der Waals surface area (Å²) in [6, 6.07) is 0. The molecule has 2 aliphatic carbocycles. The number of hydrazone groups is 1. The maximum absolute atomic E-state index is 4.46. The van der Waals surface area contributed by atoms with Gasteiger partial charge in [0.1, 0.15) is 0 Å². The number of hydrogen-bond acceptors (Lipinski definition) is 2. The van der Waals surface area contributed by atoms with Gasteiger partial charge in [-0.1, -0.05) is 37.6 Å². The van der Waals surface area contributed by atoms with Crippen LogP contribution in [0.4, 0.5) is 0 Å². The first kappa shape index (κ1) is 18.8. The minimum absolute atomic E-state index is 0.321. The average Bonchev–Trinajstić information content (AvgIpc) is 2.45. The van der Waals surface area contributed by atoms with Crippen molar-refractivity contribution in [3.05, 3.63) is 46.6 Å². The van der Waals surface area contributed by atoms with E-state index in [0.717, 1.165) is 12.1 Å². The van der Waals surface area contributed by atoms with Gasteiger partial charge in [-0.2, -0.15) is 5.10 Å². The SMILES string of the molecule is CC1=C(/C=C/C2=CC(=C\C(C)=N\N(C)C)/CCC2)C(C)(C)CCC1. The number of rotatable bonds is 4.